The molecule has 0 atom stereocenters. The van der Waals surface area contributed by atoms with Gasteiger partial charge in [0.15, 0.2) is 0 Å². The Labute approximate surface area is 99.5 Å². The third-order valence-electron chi connectivity index (χ3n) is 3.71. The molecule has 1 saturated carbocycles. The van der Waals surface area contributed by atoms with Crippen molar-refractivity contribution < 1.29 is 20.1 Å². The number of aromatic hydroxyl groups is 2. The SMILES string of the molecule is CCc1cc(C2(C(=O)O)CCC2)c(O)cc1O. The van der Waals surface area contributed by atoms with Crippen LogP contribution in [0.25, 0.3) is 0 Å². The van der Waals surface area contributed by atoms with Gasteiger partial charge < -0.3 is 15.3 Å². The molecule has 0 amide bonds. The Morgan fingerprint density at radius 2 is 1.94 bits per heavy atom. The molecule has 1 aromatic rings. The summed E-state index contributed by atoms with van der Waals surface area (Å²) in [5.41, 5.74) is 0.151. The van der Waals surface area contributed by atoms with Crippen molar-refractivity contribution in [2.24, 2.45) is 0 Å². The van der Waals surface area contributed by atoms with Gasteiger partial charge in [0.25, 0.3) is 0 Å². The van der Waals surface area contributed by atoms with Crippen molar-refractivity contribution in [2.45, 2.75) is 38.0 Å². The minimum absolute atomic E-state index is 0.0219. The summed E-state index contributed by atoms with van der Waals surface area (Å²) in [6, 6.07) is 2.87. The molecule has 1 aliphatic rings. The molecule has 0 aliphatic heterocycles. The fraction of sp³-hybridized carbons (Fsp3) is 0.462. The van der Waals surface area contributed by atoms with Gasteiger partial charge in [-0.1, -0.05) is 13.3 Å². The van der Waals surface area contributed by atoms with E-state index >= 15 is 0 Å². The summed E-state index contributed by atoms with van der Waals surface area (Å²) in [5, 5.41) is 28.8. The van der Waals surface area contributed by atoms with E-state index in [1.165, 1.54) is 6.07 Å². The summed E-state index contributed by atoms with van der Waals surface area (Å²) >= 11 is 0. The van der Waals surface area contributed by atoms with E-state index in [9.17, 15) is 20.1 Å². The molecule has 4 heteroatoms. The number of aryl methyl sites for hydroxylation is 1. The molecule has 17 heavy (non-hydrogen) atoms. The zero-order valence-electron chi connectivity index (χ0n) is 9.73. The molecule has 0 saturated heterocycles. The van der Waals surface area contributed by atoms with Crippen LogP contribution >= 0.6 is 0 Å². The van der Waals surface area contributed by atoms with E-state index in [1.807, 2.05) is 6.92 Å². The number of aliphatic carboxylic acids is 1. The number of rotatable bonds is 3. The number of hydrogen-bond acceptors (Lipinski definition) is 3. The fourth-order valence-electron chi connectivity index (χ4n) is 2.42. The topological polar surface area (TPSA) is 77.8 Å². The van der Waals surface area contributed by atoms with Crippen molar-refractivity contribution in [2.75, 3.05) is 0 Å². The highest BCUT2D eigenvalue weighted by atomic mass is 16.4. The van der Waals surface area contributed by atoms with Crippen LogP contribution in [0.1, 0.15) is 37.3 Å². The standard InChI is InChI=1S/C13H16O4/c1-2-8-6-9(11(15)7-10(8)14)13(12(16)17)4-3-5-13/h6-7,14-15H,2-5H2,1H3,(H,16,17). The molecule has 0 unspecified atom stereocenters. The highest BCUT2D eigenvalue weighted by Crippen LogP contribution is 2.48. The van der Waals surface area contributed by atoms with Gasteiger partial charge in [-0.3, -0.25) is 4.79 Å². The first-order chi connectivity index (χ1) is 8.01. The number of carbonyl (C=O) groups is 1. The number of carboxylic acid groups (broad SMARTS) is 1. The molecule has 0 aromatic heterocycles. The third kappa shape index (κ3) is 1.64. The summed E-state index contributed by atoms with van der Waals surface area (Å²) in [7, 11) is 0. The van der Waals surface area contributed by atoms with Crippen LogP contribution in [0.5, 0.6) is 11.5 Å². The van der Waals surface area contributed by atoms with Gasteiger partial charge in [-0.05, 0) is 30.9 Å². The first kappa shape index (κ1) is 11.8. The average molecular weight is 236 g/mol. The van der Waals surface area contributed by atoms with Gasteiger partial charge >= 0.3 is 5.97 Å². The van der Waals surface area contributed by atoms with Crippen LogP contribution in [0.15, 0.2) is 12.1 Å². The van der Waals surface area contributed by atoms with Crippen LogP contribution in [0.4, 0.5) is 0 Å². The summed E-state index contributed by atoms with van der Waals surface area (Å²) in [4.78, 5) is 11.4. The molecule has 92 valence electrons. The van der Waals surface area contributed by atoms with Crippen LogP contribution < -0.4 is 0 Å². The van der Waals surface area contributed by atoms with Crippen LogP contribution in [0, 0.1) is 0 Å². The Balaban J connectivity index is 2.54. The van der Waals surface area contributed by atoms with Gasteiger partial charge in [-0.15, -0.1) is 0 Å². The van der Waals surface area contributed by atoms with Gasteiger partial charge in [0.2, 0.25) is 0 Å². The lowest BCUT2D eigenvalue weighted by Crippen LogP contribution is -2.42. The summed E-state index contributed by atoms with van der Waals surface area (Å²) < 4.78 is 0. The van der Waals surface area contributed by atoms with Crippen LogP contribution in [-0.2, 0) is 16.6 Å². The normalized spacial score (nSPS) is 17.5. The summed E-state index contributed by atoms with van der Waals surface area (Å²) in [6.07, 6.45) is 2.55. The Hall–Kier alpha value is -1.71. The molecule has 0 bridgehead atoms. The molecule has 0 spiro atoms. The van der Waals surface area contributed by atoms with E-state index in [0.717, 1.165) is 6.42 Å². The van der Waals surface area contributed by atoms with Crippen LogP contribution in [-0.4, -0.2) is 21.3 Å². The maximum Gasteiger partial charge on any atom is 0.314 e. The predicted octanol–water partition coefficient (Wildman–Crippen LogP) is 2.17. The zero-order chi connectivity index (χ0) is 12.6. The number of carboxylic acids is 1. The molecule has 0 heterocycles. The van der Waals surface area contributed by atoms with Crippen molar-refractivity contribution in [3.8, 4) is 11.5 Å². The maximum atomic E-state index is 11.4. The lowest BCUT2D eigenvalue weighted by Gasteiger charge is -2.38. The number of phenols is 2. The molecule has 4 nitrogen and oxygen atoms in total. The van der Waals surface area contributed by atoms with Crippen molar-refractivity contribution in [3.63, 3.8) is 0 Å². The molecular formula is C13H16O4. The lowest BCUT2D eigenvalue weighted by atomic mass is 9.64. The highest BCUT2D eigenvalue weighted by molar-refractivity contribution is 5.84. The van der Waals surface area contributed by atoms with Gasteiger partial charge in [0.05, 0.1) is 5.41 Å². The molecular weight excluding hydrogens is 220 g/mol. The molecule has 0 radical (unpaired) electrons. The molecule has 1 aromatic carbocycles. The first-order valence-corrected chi connectivity index (χ1v) is 5.80. The fourth-order valence-corrected chi connectivity index (χ4v) is 2.42. The number of hydrogen-bond donors (Lipinski definition) is 3. The number of phenolic OH excluding ortho intramolecular Hbond substituents is 2. The summed E-state index contributed by atoms with van der Waals surface area (Å²) in [6.45, 7) is 1.88. The second kappa shape index (κ2) is 3.95. The van der Waals surface area contributed by atoms with Crippen LogP contribution in [0.3, 0.4) is 0 Å². The Morgan fingerprint density at radius 1 is 1.29 bits per heavy atom. The zero-order valence-corrected chi connectivity index (χ0v) is 9.73. The van der Waals surface area contributed by atoms with E-state index in [-0.39, 0.29) is 11.5 Å². The number of benzene rings is 1. The van der Waals surface area contributed by atoms with E-state index in [4.69, 9.17) is 0 Å². The highest BCUT2D eigenvalue weighted by Gasteiger charge is 2.47. The Morgan fingerprint density at radius 3 is 2.35 bits per heavy atom. The van der Waals surface area contributed by atoms with Gasteiger partial charge in [-0.2, -0.15) is 0 Å². The summed E-state index contributed by atoms with van der Waals surface area (Å²) in [5.74, 6) is -0.998. The third-order valence-corrected chi connectivity index (χ3v) is 3.71. The molecule has 2 rings (SSSR count). The second-order valence-corrected chi connectivity index (χ2v) is 4.59. The van der Waals surface area contributed by atoms with Crippen molar-refractivity contribution >= 4 is 5.97 Å². The monoisotopic (exact) mass is 236 g/mol. The molecule has 3 N–H and O–H groups in total. The van der Waals surface area contributed by atoms with Gasteiger partial charge in [0, 0.05) is 11.6 Å². The van der Waals surface area contributed by atoms with E-state index in [1.54, 1.807) is 6.07 Å². The Bertz CT molecular complexity index is 461. The quantitative estimate of drug-likeness (QED) is 0.751. The molecule has 1 fully saturated rings. The van der Waals surface area contributed by atoms with Crippen LogP contribution in [0.2, 0.25) is 0 Å². The minimum Gasteiger partial charge on any atom is -0.508 e. The second-order valence-electron chi connectivity index (χ2n) is 4.59. The first-order valence-electron chi connectivity index (χ1n) is 5.80. The molecule has 1 aliphatic carbocycles. The van der Waals surface area contributed by atoms with E-state index < -0.39 is 11.4 Å². The Kier molecular flexibility index (Phi) is 2.73. The van der Waals surface area contributed by atoms with Crippen molar-refractivity contribution in [3.05, 3.63) is 23.3 Å². The smallest absolute Gasteiger partial charge is 0.314 e. The van der Waals surface area contributed by atoms with Gasteiger partial charge in [0.1, 0.15) is 11.5 Å². The van der Waals surface area contributed by atoms with E-state index in [0.29, 0.717) is 30.4 Å². The maximum absolute atomic E-state index is 11.4. The predicted molar refractivity (Wildman–Crippen MR) is 62.3 cm³/mol. The largest absolute Gasteiger partial charge is 0.508 e. The van der Waals surface area contributed by atoms with E-state index in [2.05, 4.69) is 0 Å². The van der Waals surface area contributed by atoms with Crippen molar-refractivity contribution in [1.29, 1.82) is 0 Å². The minimum atomic E-state index is -0.957. The average Bonchev–Trinajstić information content (AvgIpc) is 2.18. The lowest BCUT2D eigenvalue weighted by molar-refractivity contribution is -0.147. The van der Waals surface area contributed by atoms with Crippen molar-refractivity contribution in [1.82, 2.24) is 0 Å². The van der Waals surface area contributed by atoms with Gasteiger partial charge in [-0.25, -0.2) is 0 Å².